The third-order valence-electron chi connectivity index (χ3n) is 5.49. The van der Waals surface area contributed by atoms with Gasteiger partial charge in [-0.1, -0.05) is 30.5 Å². The lowest BCUT2D eigenvalue weighted by Gasteiger charge is -2.42. The summed E-state index contributed by atoms with van der Waals surface area (Å²) in [5, 5.41) is 0. The van der Waals surface area contributed by atoms with Crippen LogP contribution in [0.2, 0.25) is 0 Å². The van der Waals surface area contributed by atoms with Crippen molar-refractivity contribution >= 4 is 16.0 Å². The van der Waals surface area contributed by atoms with Gasteiger partial charge in [-0.05, 0) is 52.7 Å². The third-order valence-corrected chi connectivity index (χ3v) is 7.43. The predicted molar refractivity (Wildman–Crippen MR) is 118 cm³/mol. The Hall–Kier alpha value is -1.48. The maximum absolute atomic E-state index is 14.1. The Morgan fingerprint density at radius 3 is 2.43 bits per heavy atom. The van der Waals surface area contributed by atoms with Crippen LogP contribution < -0.4 is 4.72 Å². The van der Waals surface area contributed by atoms with Gasteiger partial charge in [-0.2, -0.15) is 0 Å². The topological polar surface area (TPSA) is 80.2 Å². The molecule has 3 rings (SSSR count). The van der Waals surface area contributed by atoms with Crippen LogP contribution in [0.3, 0.4) is 0 Å². The molecule has 1 saturated carbocycles. The molecule has 0 radical (unpaired) electrons. The number of rotatable bonds is 4. The molecule has 168 valence electrons. The molecule has 1 amide bonds. The van der Waals surface area contributed by atoms with Gasteiger partial charge >= 0.3 is 6.09 Å². The number of morpholine rings is 1. The summed E-state index contributed by atoms with van der Waals surface area (Å²) >= 11 is 0. The average molecular weight is 438 g/mol. The molecule has 1 aliphatic carbocycles. The SMILES string of the molecule is Cc1ccc(S(=O)(=NC(=O)OC(C)(C)C)N[C@H]2CCCC[C@@H]2N2CCOCC2)cc1. The number of aryl methyl sites for hydroxylation is 1. The number of ether oxygens (including phenoxy) is 2. The second-order valence-electron chi connectivity index (χ2n) is 9.14. The summed E-state index contributed by atoms with van der Waals surface area (Å²) < 4.78 is 32.3. The molecule has 30 heavy (non-hydrogen) atoms. The van der Waals surface area contributed by atoms with Crippen molar-refractivity contribution in [1.82, 2.24) is 9.62 Å². The van der Waals surface area contributed by atoms with E-state index in [-0.39, 0.29) is 12.1 Å². The zero-order chi connectivity index (χ0) is 21.8. The molecular formula is C22H35N3O4S. The van der Waals surface area contributed by atoms with Gasteiger partial charge in [-0.15, -0.1) is 4.36 Å². The van der Waals surface area contributed by atoms with E-state index in [1.54, 1.807) is 32.9 Å². The number of hydrogen-bond acceptors (Lipinski definition) is 5. The second-order valence-corrected chi connectivity index (χ2v) is 11.1. The van der Waals surface area contributed by atoms with Gasteiger partial charge in [0.1, 0.15) is 15.5 Å². The first kappa shape index (κ1) is 23.2. The van der Waals surface area contributed by atoms with E-state index < -0.39 is 21.6 Å². The molecule has 8 heteroatoms. The van der Waals surface area contributed by atoms with Crippen molar-refractivity contribution in [2.75, 3.05) is 26.3 Å². The maximum atomic E-state index is 14.1. The number of nitrogens with zero attached hydrogens (tertiary/aromatic N) is 2. The fraction of sp³-hybridized carbons (Fsp3) is 0.682. The first-order chi connectivity index (χ1) is 14.2. The lowest BCUT2D eigenvalue weighted by atomic mass is 9.89. The van der Waals surface area contributed by atoms with Crippen LogP contribution in [0.15, 0.2) is 33.5 Å². The van der Waals surface area contributed by atoms with E-state index in [0.717, 1.165) is 57.6 Å². The van der Waals surface area contributed by atoms with Crippen molar-refractivity contribution in [1.29, 1.82) is 0 Å². The van der Waals surface area contributed by atoms with Crippen LogP contribution in [0.4, 0.5) is 4.79 Å². The highest BCUT2D eigenvalue weighted by molar-refractivity contribution is 7.92. The molecule has 1 aromatic carbocycles. The van der Waals surface area contributed by atoms with Crippen LogP contribution >= 0.6 is 0 Å². The monoisotopic (exact) mass is 437 g/mol. The minimum atomic E-state index is -3.18. The van der Waals surface area contributed by atoms with E-state index in [1.165, 1.54) is 0 Å². The lowest BCUT2D eigenvalue weighted by Crippen LogP contribution is -2.55. The van der Waals surface area contributed by atoms with Crippen LogP contribution in [0.1, 0.15) is 52.0 Å². The molecule has 1 saturated heterocycles. The number of carbonyl (C=O) groups excluding carboxylic acids is 1. The molecule has 2 aliphatic rings. The Morgan fingerprint density at radius 1 is 1.17 bits per heavy atom. The summed E-state index contributed by atoms with van der Waals surface area (Å²) in [7, 11) is -3.18. The van der Waals surface area contributed by atoms with Crippen LogP contribution in [-0.2, 0) is 19.4 Å². The number of amides is 1. The first-order valence-corrected chi connectivity index (χ1v) is 12.3. The third kappa shape index (κ3) is 6.26. The molecule has 1 unspecified atom stereocenters. The fourth-order valence-electron chi connectivity index (χ4n) is 4.06. The van der Waals surface area contributed by atoms with Gasteiger partial charge in [0, 0.05) is 25.2 Å². The van der Waals surface area contributed by atoms with E-state index in [1.807, 2.05) is 19.1 Å². The standard InChI is InChI=1S/C22H35N3O4S/c1-17-9-11-18(12-10-17)30(27,24-21(26)29-22(2,3)4)23-19-7-5-6-8-20(19)25-13-15-28-16-14-25/h9-12,19-20H,5-8,13-16H2,1-4H3,(H,23,24,26,27)/t19-,20-,30?/m0/s1. The Morgan fingerprint density at radius 2 is 1.80 bits per heavy atom. The van der Waals surface area contributed by atoms with Gasteiger partial charge in [0.25, 0.3) is 0 Å². The van der Waals surface area contributed by atoms with Crippen LogP contribution in [0.25, 0.3) is 0 Å². The molecule has 1 aliphatic heterocycles. The summed E-state index contributed by atoms with van der Waals surface area (Å²) in [4.78, 5) is 15.4. The van der Waals surface area contributed by atoms with Crippen molar-refractivity contribution in [2.45, 2.75) is 76.0 Å². The smallest absolute Gasteiger partial charge is 0.442 e. The van der Waals surface area contributed by atoms with Gasteiger partial charge in [-0.3, -0.25) is 4.90 Å². The van der Waals surface area contributed by atoms with Gasteiger partial charge in [0.15, 0.2) is 0 Å². The largest absolute Gasteiger partial charge is 0.443 e. The number of carbonyl (C=O) groups is 1. The van der Waals surface area contributed by atoms with Crippen LogP contribution in [0.5, 0.6) is 0 Å². The van der Waals surface area contributed by atoms with E-state index in [4.69, 9.17) is 9.47 Å². The fourth-order valence-corrected chi connectivity index (χ4v) is 5.79. The molecule has 7 nitrogen and oxygen atoms in total. The molecule has 3 atom stereocenters. The van der Waals surface area contributed by atoms with Crippen molar-refractivity contribution < 1.29 is 18.5 Å². The minimum absolute atomic E-state index is 0.0168. The van der Waals surface area contributed by atoms with E-state index >= 15 is 0 Å². The molecule has 0 spiro atoms. The minimum Gasteiger partial charge on any atom is -0.442 e. The zero-order valence-electron chi connectivity index (χ0n) is 18.6. The molecule has 0 aromatic heterocycles. The van der Waals surface area contributed by atoms with Crippen LogP contribution in [0, 0.1) is 6.92 Å². The maximum Gasteiger partial charge on any atom is 0.443 e. The zero-order valence-corrected chi connectivity index (χ0v) is 19.4. The highest BCUT2D eigenvalue weighted by Crippen LogP contribution is 2.26. The van der Waals surface area contributed by atoms with Gasteiger partial charge in [0.2, 0.25) is 0 Å². The van der Waals surface area contributed by atoms with Crippen molar-refractivity contribution in [2.24, 2.45) is 4.36 Å². The molecule has 1 N–H and O–H groups in total. The highest BCUT2D eigenvalue weighted by Gasteiger charge is 2.34. The molecule has 0 bridgehead atoms. The molecule has 1 heterocycles. The number of nitrogens with one attached hydrogen (secondary N) is 1. The normalized spacial score (nSPS) is 25.3. The lowest BCUT2D eigenvalue weighted by molar-refractivity contribution is 0.00219. The van der Waals surface area contributed by atoms with Crippen molar-refractivity contribution in [3.63, 3.8) is 0 Å². The summed E-state index contributed by atoms with van der Waals surface area (Å²) in [6.45, 7) is 10.5. The van der Waals surface area contributed by atoms with E-state index in [2.05, 4.69) is 14.0 Å². The van der Waals surface area contributed by atoms with E-state index in [9.17, 15) is 9.00 Å². The second kappa shape index (κ2) is 9.77. The summed E-state index contributed by atoms with van der Waals surface area (Å²) in [5.41, 5.74) is 0.358. The van der Waals surface area contributed by atoms with Crippen LogP contribution in [-0.4, -0.2) is 59.2 Å². The van der Waals surface area contributed by atoms with E-state index in [0.29, 0.717) is 4.90 Å². The van der Waals surface area contributed by atoms with Gasteiger partial charge < -0.3 is 9.47 Å². The summed E-state index contributed by atoms with van der Waals surface area (Å²) in [6, 6.07) is 7.58. The molecular weight excluding hydrogens is 402 g/mol. The highest BCUT2D eigenvalue weighted by atomic mass is 32.2. The van der Waals surface area contributed by atoms with Crippen molar-refractivity contribution in [3.8, 4) is 0 Å². The molecule has 2 fully saturated rings. The number of hydrogen-bond donors (Lipinski definition) is 1. The summed E-state index contributed by atoms with van der Waals surface area (Å²) in [5.74, 6) is 0. The Balaban J connectivity index is 1.91. The van der Waals surface area contributed by atoms with Crippen molar-refractivity contribution in [3.05, 3.63) is 29.8 Å². The predicted octanol–water partition coefficient (Wildman–Crippen LogP) is 3.91. The Kier molecular flexibility index (Phi) is 7.55. The summed E-state index contributed by atoms with van der Waals surface area (Å²) in [6.07, 6.45) is 3.34. The average Bonchev–Trinajstić information content (AvgIpc) is 2.68. The Bertz CT molecular complexity index is 835. The quantitative estimate of drug-likeness (QED) is 0.773. The Labute approximate surface area is 180 Å². The molecule has 1 aromatic rings. The number of benzene rings is 1. The van der Waals surface area contributed by atoms with Gasteiger partial charge in [-0.25, -0.2) is 13.7 Å². The first-order valence-electron chi connectivity index (χ1n) is 10.8. The van der Waals surface area contributed by atoms with Gasteiger partial charge in [0.05, 0.1) is 18.1 Å².